The molecule has 1 aromatic heterocycles. The normalized spacial score (nSPS) is 14.0. The van der Waals surface area contributed by atoms with Crippen molar-refractivity contribution in [2.75, 3.05) is 4.90 Å². The predicted octanol–water partition coefficient (Wildman–Crippen LogP) is 7.41. The SMILES string of the molecule is C1=CN=C(c2ccc3c(c2)N(c2cccc(-c4ccccn4)c2)c2ccccc2C=C3)C1. The number of fused-ring (bicyclic) bond motifs is 2. The zero-order valence-electron chi connectivity index (χ0n) is 17.5. The van der Waals surface area contributed by atoms with Gasteiger partial charge in [0.05, 0.1) is 22.8 Å². The molecule has 0 N–H and O–H groups in total. The first-order chi connectivity index (χ1) is 15.9. The van der Waals surface area contributed by atoms with Crippen molar-refractivity contribution in [3.05, 3.63) is 120 Å². The van der Waals surface area contributed by atoms with Crippen LogP contribution in [-0.4, -0.2) is 10.7 Å². The van der Waals surface area contributed by atoms with E-state index in [2.05, 4.69) is 99.8 Å². The number of pyridine rings is 1. The van der Waals surface area contributed by atoms with Gasteiger partial charge in [-0.15, -0.1) is 0 Å². The maximum absolute atomic E-state index is 4.57. The molecule has 0 atom stereocenters. The molecule has 0 fully saturated rings. The van der Waals surface area contributed by atoms with Crippen LogP contribution < -0.4 is 4.90 Å². The molecule has 0 saturated heterocycles. The maximum Gasteiger partial charge on any atom is 0.0702 e. The van der Waals surface area contributed by atoms with Crippen LogP contribution >= 0.6 is 0 Å². The van der Waals surface area contributed by atoms with Crippen molar-refractivity contribution in [1.29, 1.82) is 0 Å². The van der Waals surface area contributed by atoms with E-state index in [4.69, 9.17) is 0 Å². The second-order valence-electron chi connectivity index (χ2n) is 7.93. The molecule has 152 valence electrons. The summed E-state index contributed by atoms with van der Waals surface area (Å²) in [6, 6.07) is 29.8. The van der Waals surface area contributed by atoms with Gasteiger partial charge in [-0.25, -0.2) is 0 Å². The average molecular weight is 412 g/mol. The van der Waals surface area contributed by atoms with Gasteiger partial charge < -0.3 is 4.90 Å². The molecule has 0 amide bonds. The molecule has 3 heterocycles. The van der Waals surface area contributed by atoms with Crippen molar-refractivity contribution in [2.24, 2.45) is 4.99 Å². The fourth-order valence-corrected chi connectivity index (χ4v) is 4.37. The summed E-state index contributed by atoms with van der Waals surface area (Å²) in [5.74, 6) is 0. The van der Waals surface area contributed by atoms with Crippen LogP contribution in [0.5, 0.6) is 0 Å². The number of aromatic nitrogens is 1. The monoisotopic (exact) mass is 411 g/mol. The van der Waals surface area contributed by atoms with E-state index in [1.54, 1.807) is 0 Å². The van der Waals surface area contributed by atoms with Crippen LogP contribution in [0.1, 0.15) is 23.1 Å². The smallest absolute Gasteiger partial charge is 0.0702 e. The molecule has 0 aliphatic carbocycles. The minimum Gasteiger partial charge on any atom is -0.309 e. The summed E-state index contributed by atoms with van der Waals surface area (Å²) in [5, 5.41) is 0. The second-order valence-corrected chi connectivity index (χ2v) is 7.93. The van der Waals surface area contributed by atoms with Gasteiger partial charge in [-0.3, -0.25) is 9.98 Å². The molecule has 0 radical (unpaired) electrons. The lowest BCUT2D eigenvalue weighted by Gasteiger charge is -2.28. The molecule has 3 heteroatoms. The number of para-hydroxylation sites is 1. The molecule has 32 heavy (non-hydrogen) atoms. The van der Waals surface area contributed by atoms with E-state index in [1.165, 1.54) is 11.1 Å². The lowest BCUT2D eigenvalue weighted by molar-refractivity contribution is 1.26. The van der Waals surface area contributed by atoms with E-state index < -0.39 is 0 Å². The fraction of sp³-hybridized carbons (Fsp3) is 0.0345. The quantitative estimate of drug-likeness (QED) is 0.309. The molecular weight excluding hydrogens is 390 g/mol. The van der Waals surface area contributed by atoms with Gasteiger partial charge in [-0.2, -0.15) is 0 Å². The van der Waals surface area contributed by atoms with Crippen molar-refractivity contribution < 1.29 is 0 Å². The summed E-state index contributed by atoms with van der Waals surface area (Å²) in [7, 11) is 0. The number of hydrogen-bond donors (Lipinski definition) is 0. The molecule has 4 aromatic rings. The summed E-state index contributed by atoms with van der Waals surface area (Å²) >= 11 is 0. The Kier molecular flexibility index (Phi) is 4.51. The molecule has 0 saturated carbocycles. The van der Waals surface area contributed by atoms with E-state index in [1.807, 2.05) is 30.6 Å². The van der Waals surface area contributed by atoms with Crippen LogP contribution in [0.15, 0.2) is 108 Å². The van der Waals surface area contributed by atoms with Crippen molar-refractivity contribution >= 4 is 34.9 Å². The summed E-state index contributed by atoms with van der Waals surface area (Å²) < 4.78 is 0. The number of hydrogen-bond acceptors (Lipinski definition) is 3. The first kappa shape index (κ1) is 18.5. The van der Waals surface area contributed by atoms with Gasteiger partial charge in [-0.05, 0) is 53.1 Å². The van der Waals surface area contributed by atoms with Crippen LogP contribution in [0, 0.1) is 0 Å². The van der Waals surface area contributed by atoms with Crippen LogP contribution in [0.4, 0.5) is 17.1 Å². The van der Waals surface area contributed by atoms with Gasteiger partial charge in [0, 0.05) is 30.1 Å². The Bertz CT molecular complexity index is 1400. The summed E-state index contributed by atoms with van der Waals surface area (Å²) in [5.41, 5.74) is 10.1. The van der Waals surface area contributed by atoms with E-state index in [0.29, 0.717) is 0 Å². The van der Waals surface area contributed by atoms with E-state index >= 15 is 0 Å². The lowest BCUT2D eigenvalue weighted by atomic mass is 10.0. The molecule has 0 spiro atoms. The number of benzene rings is 3. The predicted molar refractivity (Wildman–Crippen MR) is 134 cm³/mol. The van der Waals surface area contributed by atoms with Crippen LogP contribution in [0.3, 0.4) is 0 Å². The van der Waals surface area contributed by atoms with Crippen molar-refractivity contribution in [3.63, 3.8) is 0 Å². The zero-order valence-corrected chi connectivity index (χ0v) is 17.5. The van der Waals surface area contributed by atoms with Crippen molar-refractivity contribution in [3.8, 4) is 11.3 Å². The number of aliphatic imine (C=N–C) groups is 1. The molecule has 2 aliphatic heterocycles. The molecule has 0 unspecified atom stereocenters. The fourth-order valence-electron chi connectivity index (χ4n) is 4.37. The Morgan fingerprint density at radius 1 is 0.688 bits per heavy atom. The molecular formula is C29H21N3. The van der Waals surface area contributed by atoms with Crippen molar-refractivity contribution in [1.82, 2.24) is 4.98 Å². The van der Waals surface area contributed by atoms with Crippen LogP contribution in [0.25, 0.3) is 23.4 Å². The van der Waals surface area contributed by atoms with Gasteiger partial charge in [0.2, 0.25) is 0 Å². The zero-order chi connectivity index (χ0) is 21.3. The highest BCUT2D eigenvalue weighted by atomic mass is 15.1. The Morgan fingerprint density at radius 3 is 2.41 bits per heavy atom. The third-order valence-electron chi connectivity index (χ3n) is 5.94. The van der Waals surface area contributed by atoms with Gasteiger partial charge in [-0.1, -0.05) is 66.8 Å². The number of allylic oxidation sites excluding steroid dienone is 1. The van der Waals surface area contributed by atoms with Gasteiger partial charge in [0.25, 0.3) is 0 Å². The number of rotatable bonds is 3. The minimum absolute atomic E-state index is 0.875. The first-order valence-corrected chi connectivity index (χ1v) is 10.8. The molecule has 3 nitrogen and oxygen atoms in total. The Morgan fingerprint density at radius 2 is 1.56 bits per heavy atom. The number of nitrogens with zero attached hydrogens (tertiary/aromatic N) is 3. The van der Waals surface area contributed by atoms with Gasteiger partial charge >= 0.3 is 0 Å². The highest BCUT2D eigenvalue weighted by Crippen LogP contribution is 2.43. The largest absolute Gasteiger partial charge is 0.309 e. The maximum atomic E-state index is 4.57. The Labute approximate surface area is 187 Å². The average Bonchev–Trinajstić information content (AvgIpc) is 3.34. The summed E-state index contributed by atoms with van der Waals surface area (Å²) in [6.45, 7) is 0. The summed E-state index contributed by atoms with van der Waals surface area (Å²) in [4.78, 5) is 11.5. The Hall–Kier alpha value is -4.24. The van der Waals surface area contributed by atoms with E-state index in [-0.39, 0.29) is 0 Å². The standard InChI is InChI=1S/C29H21N3/c1-2-12-28-21(7-1)13-14-22-15-16-24(27-11-6-18-31-27)20-29(22)32(28)25-9-5-8-23(19-25)26-10-3-4-17-30-26/h1-10,12-20H,11H2. The van der Waals surface area contributed by atoms with E-state index in [9.17, 15) is 0 Å². The van der Waals surface area contributed by atoms with Crippen LogP contribution in [0.2, 0.25) is 0 Å². The molecule has 3 aromatic carbocycles. The van der Waals surface area contributed by atoms with Gasteiger partial charge in [0.15, 0.2) is 0 Å². The van der Waals surface area contributed by atoms with E-state index in [0.717, 1.165) is 46.0 Å². The minimum atomic E-state index is 0.875. The summed E-state index contributed by atoms with van der Waals surface area (Å²) in [6.07, 6.45) is 11.1. The first-order valence-electron chi connectivity index (χ1n) is 10.8. The topological polar surface area (TPSA) is 28.5 Å². The third-order valence-corrected chi connectivity index (χ3v) is 5.94. The Balaban J connectivity index is 1.55. The number of anilines is 3. The molecule has 0 bridgehead atoms. The van der Waals surface area contributed by atoms with Gasteiger partial charge in [0.1, 0.15) is 0 Å². The van der Waals surface area contributed by atoms with Crippen molar-refractivity contribution in [2.45, 2.75) is 6.42 Å². The lowest BCUT2D eigenvalue weighted by Crippen LogP contribution is -2.13. The highest BCUT2D eigenvalue weighted by Gasteiger charge is 2.21. The molecule has 6 rings (SSSR count). The second kappa shape index (κ2) is 7.78. The molecule has 2 aliphatic rings. The highest BCUT2D eigenvalue weighted by molar-refractivity contribution is 6.05. The third kappa shape index (κ3) is 3.25. The van der Waals surface area contributed by atoms with Crippen LogP contribution in [-0.2, 0) is 0 Å².